The highest BCUT2D eigenvalue weighted by Crippen LogP contribution is 2.69. The fourth-order valence-electron chi connectivity index (χ4n) is 8.29. The summed E-state index contributed by atoms with van der Waals surface area (Å²) in [5.74, 6) is -3.17. The number of amides is 3. The molecule has 2 bridgehead atoms. The second-order valence-electron chi connectivity index (χ2n) is 12.8. The standard InChI is InChI=1S/C35H28F3N3O5S2/c1-16-9-11-18(12-10-16)39-24(42)15-46-23-8-3-2-7-20(23)25-26-21-14-22(29(26)47-31-30(25)48-34(45)40-31)28-27(21)32(43)41(33(28)44)19-6-4-5-17(13-19)35(36,37)38/h2-13,21-22,25-29H,14-15H2,1H3,(H,39,42)(H,40,45)/t21-,22-,25+,26-,27+,28+,29-/m1/s1. The third-order valence-electron chi connectivity index (χ3n) is 10.1. The number of carbonyl (C=O) groups excluding carboxylic acids is 3. The monoisotopic (exact) mass is 691 g/mol. The average molecular weight is 692 g/mol. The molecule has 2 aliphatic carbocycles. The summed E-state index contributed by atoms with van der Waals surface area (Å²) in [5.41, 5.74) is 1.47. The first-order valence-corrected chi connectivity index (χ1v) is 17.2. The number of hydrogen-bond donors (Lipinski definition) is 2. The van der Waals surface area contributed by atoms with Crippen molar-refractivity contribution in [3.8, 4) is 5.75 Å². The number of halogens is 3. The molecule has 1 aromatic heterocycles. The van der Waals surface area contributed by atoms with Gasteiger partial charge in [0, 0.05) is 27.3 Å². The molecule has 4 aromatic rings. The predicted molar refractivity (Wildman–Crippen MR) is 174 cm³/mol. The van der Waals surface area contributed by atoms with E-state index in [4.69, 9.17) is 4.74 Å². The molecule has 0 unspecified atom stereocenters. The topological polar surface area (TPSA) is 109 Å². The van der Waals surface area contributed by atoms with E-state index < -0.39 is 35.4 Å². The summed E-state index contributed by atoms with van der Waals surface area (Å²) in [6, 6.07) is 19.1. The van der Waals surface area contributed by atoms with E-state index in [1.54, 1.807) is 12.1 Å². The third kappa shape index (κ3) is 4.97. The minimum absolute atomic E-state index is 0.0769. The molecule has 3 aromatic carbocycles. The first kappa shape index (κ1) is 30.9. The van der Waals surface area contributed by atoms with Crippen molar-refractivity contribution in [2.45, 2.75) is 35.7 Å². The van der Waals surface area contributed by atoms with Gasteiger partial charge in [-0.15, -0.1) is 11.8 Å². The van der Waals surface area contributed by atoms with Gasteiger partial charge in [0.1, 0.15) is 5.75 Å². The van der Waals surface area contributed by atoms with Crippen molar-refractivity contribution in [3.05, 3.63) is 104 Å². The van der Waals surface area contributed by atoms with Gasteiger partial charge in [0.2, 0.25) is 11.8 Å². The number of thioether (sulfide) groups is 1. The van der Waals surface area contributed by atoms with Gasteiger partial charge < -0.3 is 15.0 Å². The molecule has 246 valence electrons. The Morgan fingerprint density at radius 2 is 1.71 bits per heavy atom. The van der Waals surface area contributed by atoms with Crippen molar-refractivity contribution < 1.29 is 32.3 Å². The number of nitrogens with one attached hydrogen (secondary N) is 2. The predicted octanol–water partition coefficient (Wildman–Crippen LogP) is 6.46. The van der Waals surface area contributed by atoms with Crippen LogP contribution in [0.1, 0.15) is 33.9 Å². The van der Waals surface area contributed by atoms with Crippen molar-refractivity contribution in [1.29, 1.82) is 0 Å². The van der Waals surface area contributed by atoms with Crippen molar-refractivity contribution in [1.82, 2.24) is 4.98 Å². The summed E-state index contributed by atoms with van der Waals surface area (Å²) >= 11 is 2.61. The lowest BCUT2D eigenvalue weighted by Crippen LogP contribution is -2.42. The maximum Gasteiger partial charge on any atom is 0.416 e. The Morgan fingerprint density at radius 3 is 2.46 bits per heavy atom. The van der Waals surface area contributed by atoms with Gasteiger partial charge in [-0.05, 0) is 67.5 Å². The highest BCUT2D eigenvalue weighted by Gasteiger charge is 2.70. The van der Waals surface area contributed by atoms with E-state index in [1.165, 1.54) is 23.9 Å². The molecule has 13 heteroatoms. The number of nitrogens with zero attached hydrogens (tertiary/aromatic N) is 1. The number of benzene rings is 3. The Balaban J connectivity index is 1.12. The van der Waals surface area contributed by atoms with Gasteiger partial charge in [0.25, 0.3) is 5.91 Å². The molecule has 7 atom stereocenters. The molecule has 48 heavy (non-hydrogen) atoms. The molecular formula is C35H28F3N3O5S2. The van der Waals surface area contributed by atoms with E-state index in [0.29, 0.717) is 22.9 Å². The minimum atomic E-state index is -4.62. The molecule has 8 rings (SSSR count). The number of alkyl halides is 3. The number of aromatic nitrogens is 1. The van der Waals surface area contributed by atoms with Gasteiger partial charge in [-0.3, -0.25) is 24.1 Å². The van der Waals surface area contributed by atoms with Crippen LogP contribution in [-0.2, 0) is 20.6 Å². The highest BCUT2D eigenvalue weighted by molar-refractivity contribution is 8.00. The van der Waals surface area contributed by atoms with E-state index in [2.05, 4.69) is 10.3 Å². The number of hydrogen-bond acceptors (Lipinski definition) is 7. The Kier molecular flexibility index (Phi) is 7.33. The number of anilines is 2. The van der Waals surface area contributed by atoms with Crippen LogP contribution < -0.4 is 19.8 Å². The first-order chi connectivity index (χ1) is 23.0. The van der Waals surface area contributed by atoms with E-state index in [9.17, 15) is 32.3 Å². The molecule has 8 nitrogen and oxygen atoms in total. The zero-order chi connectivity index (χ0) is 33.5. The van der Waals surface area contributed by atoms with Crippen LogP contribution in [0.3, 0.4) is 0 Å². The lowest BCUT2D eigenvalue weighted by Gasteiger charge is -2.43. The smallest absolute Gasteiger partial charge is 0.416 e. The van der Waals surface area contributed by atoms with Gasteiger partial charge in [0.05, 0.1) is 28.1 Å². The summed E-state index contributed by atoms with van der Waals surface area (Å²) < 4.78 is 46.7. The summed E-state index contributed by atoms with van der Waals surface area (Å²) in [4.78, 5) is 57.9. The van der Waals surface area contributed by atoms with E-state index in [1.807, 2.05) is 43.3 Å². The van der Waals surface area contributed by atoms with Crippen LogP contribution in [-0.4, -0.2) is 34.6 Å². The zero-order valence-electron chi connectivity index (χ0n) is 25.3. The highest BCUT2D eigenvalue weighted by atomic mass is 32.2. The SMILES string of the molecule is Cc1ccc(NC(=O)COc2ccccc2[C@@H]2c3sc(=O)[nH]c3S[C@@H]3[C@@H]4C[C@@H]([C@@H]5C(=O)N(c6cccc(C(F)(F)F)c6)C(=O)[C@@H]45)[C@H]23)cc1. The Bertz CT molecular complexity index is 2030. The molecule has 3 heterocycles. The molecule has 3 amide bonds. The zero-order valence-corrected chi connectivity index (χ0v) is 27.0. The number of H-pyrrole nitrogens is 1. The number of imide groups is 1. The third-order valence-corrected chi connectivity index (χ3v) is 12.7. The number of aryl methyl sites for hydroxylation is 1. The van der Waals surface area contributed by atoms with Gasteiger partial charge in [0.15, 0.2) is 6.61 Å². The van der Waals surface area contributed by atoms with Gasteiger partial charge in [-0.25, -0.2) is 0 Å². The summed E-state index contributed by atoms with van der Waals surface area (Å²) in [6.45, 7) is 1.70. The van der Waals surface area contributed by atoms with Crippen LogP contribution in [0.5, 0.6) is 5.75 Å². The number of carbonyl (C=O) groups is 3. The van der Waals surface area contributed by atoms with Crippen molar-refractivity contribution >= 4 is 52.2 Å². The number of fused-ring (bicyclic) bond motifs is 9. The van der Waals surface area contributed by atoms with Crippen LogP contribution in [0, 0.1) is 36.5 Å². The van der Waals surface area contributed by atoms with Crippen LogP contribution >= 0.6 is 23.1 Å². The maximum atomic E-state index is 14.0. The average Bonchev–Trinajstić information content (AvgIpc) is 3.79. The number of ether oxygens (including phenoxy) is 1. The Morgan fingerprint density at radius 1 is 0.979 bits per heavy atom. The fourth-order valence-corrected chi connectivity index (χ4v) is 11.2. The van der Waals surface area contributed by atoms with Crippen molar-refractivity contribution in [2.75, 3.05) is 16.8 Å². The summed E-state index contributed by atoms with van der Waals surface area (Å²) in [6.07, 6.45) is -4.01. The molecule has 2 aliphatic heterocycles. The summed E-state index contributed by atoms with van der Waals surface area (Å²) in [5, 5.41) is 3.41. The second-order valence-corrected chi connectivity index (χ2v) is 15.0. The molecular weight excluding hydrogens is 664 g/mol. The number of aromatic amines is 1. The van der Waals surface area contributed by atoms with Crippen molar-refractivity contribution in [2.24, 2.45) is 29.6 Å². The second kappa shape index (κ2) is 11.4. The Labute approximate surface area is 280 Å². The van der Waals surface area contributed by atoms with E-state index in [0.717, 1.165) is 44.4 Å². The van der Waals surface area contributed by atoms with E-state index >= 15 is 0 Å². The van der Waals surface area contributed by atoms with Gasteiger partial charge in [-0.2, -0.15) is 13.2 Å². The van der Waals surface area contributed by atoms with Crippen LogP contribution in [0.4, 0.5) is 24.5 Å². The number of rotatable bonds is 6. The minimum Gasteiger partial charge on any atom is -0.483 e. The number of para-hydroxylation sites is 1. The van der Waals surface area contributed by atoms with Crippen LogP contribution in [0.15, 0.2) is 82.6 Å². The molecule has 1 saturated heterocycles. The van der Waals surface area contributed by atoms with E-state index in [-0.39, 0.29) is 52.0 Å². The molecule has 2 N–H and O–H groups in total. The fraction of sp³-hybridized carbons (Fsp3) is 0.314. The largest absolute Gasteiger partial charge is 0.483 e. The molecule has 2 saturated carbocycles. The lowest BCUT2D eigenvalue weighted by atomic mass is 9.68. The molecule has 0 spiro atoms. The lowest BCUT2D eigenvalue weighted by molar-refractivity contribution is -0.137. The molecule has 0 radical (unpaired) electrons. The number of thiazole rings is 1. The van der Waals surface area contributed by atoms with Crippen LogP contribution in [0.25, 0.3) is 0 Å². The Hall–Kier alpha value is -4.36. The van der Waals surface area contributed by atoms with Crippen molar-refractivity contribution in [3.63, 3.8) is 0 Å². The normalized spacial score (nSPS) is 27.1. The van der Waals surface area contributed by atoms with Crippen LogP contribution in [0.2, 0.25) is 0 Å². The van der Waals surface area contributed by atoms with Gasteiger partial charge >= 0.3 is 11.0 Å². The molecule has 3 fully saturated rings. The first-order valence-electron chi connectivity index (χ1n) is 15.5. The maximum absolute atomic E-state index is 14.0. The molecule has 4 aliphatic rings. The quantitative estimate of drug-likeness (QED) is 0.225. The summed E-state index contributed by atoms with van der Waals surface area (Å²) in [7, 11) is 0. The van der Waals surface area contributed by atoms with Gasteiger partial charge in [-0.1, -0.05) is 53.3 Å².